The third-order valence-electron chi connectivity index (χ3n) is 3.27. The van der Waals surface area contributed by atoms with Crippen LogP contribution in [0, 0.1) is 6.92 Å². The molecule has 2 N–H and O–H groups in total. The largest absolute Gasteiger partial charge is 0.488 e. The molecule has 0 fully saturated rings. The molecular weight excluding hydrogens is 248 g/mol. The van der Waals surface area contributed by atoms with E-state index in [-0.39, 0.29) is 0 Å². The molecule has 3 heteroatoms. The fourth-order valence-electron chi connectivity index (χ4n) is 2.20. The number of pyridine rings is 1. The SMILES string of the molecule is Cc1cc2c(OCc3ccccc3)ccc(N)c2cn1. The molecule has 0 saturated carbocycles. The Morgan fingerprint density at radius 1 is 1.05 bits per heavy atom. The molecule has 0 atom stereocenters. The first-order valence-corrected chi connectivity index (χ1v) is 6.55. The summed E-state index contributed by atoms with van der Waals surface area (Å²) in [5.74, 6) is 0.837. The predicted molar refractivity (Wildman–Crippen MR) is 81.7 cm³/mol. The van der Waals surface area contributed by atoms with E-state index < -0.39 is 0 Å². The lowest BCUT2D eigenvalue weighted by Crippen LogP contribution is -1.97. The molecular formula is C17H16N2O. The van der Waals surface area contributed by atoms with E-state index in [1.54, 1.807) is 6.20 Å². The lowest BCUT2D eigenvalue weighted by molar-refractivity contribution is 0.310. The molecule has 100 valence electrons. The quantitative estimate of drug-likeness (QED) is 0.734. The highest BCUT2D eigenvalue weighted by Gasteiger charge is 2.06. The Bertz CT molecular complexity index is 739. The minimum absolute atomic E-state index is 0.543. The Morgan fingerprint density at radius 2 is 1.85 bits per heavy atom. The molecule has 0 amide bonds. The number of hydrogen-bond donors (Lipinski definition) is 1. The third-order valence-corrected chi connectivity index (χ3v) is 3.27. The molecule has 0 aliphatic heterocycles. The molecule has 20 heavy (non-hydrogen) atoms. The highest BCUT2D eigenvalue weighted by molar-refractivity contribution is 5.96. The maximum Gasteiger partial charge on any atom is 0.127 e. The van der Waals surface area contributed by atoms with Crippen molar-refractivity contribution in [1.29, 1.82) is 0 Å². The van der Waals surface area contributed by atoms with Gasteiger partial charge in [-0.2, -0.15) is 0 Å². The highest BCUT2D eigenvalue weighted by Crippen LogP contribution is 2.30. The van der Waals surface area contributed by atoms with Crippen LogP contribution in [-0.4, -0.2) is 4.98 Å². The number of fused-ring (bicyclic) bond motifs is 1. The van der Waals surface area contributed by atoms with E-state index in [9.17, 15) is 0 Å². The zero-order valence-electron chi connectivity index (χ0n) is 11.3. The van der Waals surface area contributed by atoms with Gasteiger partial charge in [-0.25, -0.2) is 0 Å². The van der Waals surface area contributed by atoms with Gasteiger partial charge in [0.15, 0.2) is 0 Å². The van der Waals surface area contributed by atoms with Gasteiger partial charge < -0.3 is 10.5 Å². The molecule has 0 saturated heterocycles. The van der Waals surface area contributed by atoms with Crippen molar-refractivity contribution in [2.75, 3.05) is 5.73 Å². The van der Waals surface area contributed by atoms with Gasteiger partial charge in [-0.3, -0.25) is 4.98 Å². The van der Waals surface area contributed by atoms with Crippen molar-refractivity contribution >= 4 is 16.5 Å². The predicted octanol–water partition coefficient (Wildman–Crippen LogP) is 3.70. The summed E-state index contributed by atoms with van der Waals surface area (Å²) in [5, 5.41) is 1.94. The summed E-state index contributed by atoms with van der Waals surface area (Å²) >= 11 is 0. The number of benzene rings is 2. The van der Waals surface area contributed by atoms with Crippen molar-refractivity contribution < 1.29 is 4.74 Å². The minimum Gasteiger partial charge on any atom is -0.488 e. The molecule has 1 aromatic heterocycles. The average molecular weight is 264 g/mol. The Balaban J connectivity index is 1.95. The summed E-state index contributed by atoms with van der Waals surface area (Å²) in [7, 11) is 0. The van der Waals surface area contributed by atoms with Gasteiger partial charge >= 0.3 is 0 Å². The first-order valence-electron chi connectivity index (χ1n) is 6.55. The van der Waals surface area contributed by atoms with Crippen LogP contribution in [0.25, 0.3) is 10.8 Å². The minimum atomic E-state index is 0.543. The van der Waals surface area contributed by atoms with Gasteiger partial charge in [0.1, 0.15) is 12.4 Å². The lowest BCUT2D eigenvalue weighted by atomic mass is 10.1. The van der Waals surface area contributed by atoms with Crippen LogP contribution in [0.2, 0.25) is 0 Å². The number of ether oxygens (including phenoxy) is 1. The number of nitrogens with two attached hydrogens (primary N) is 1. The summed E-state index contributed by atoms with van der Waals surface area (Å²) in [6.45, 7) is 2.50. The molecule has 0 radical (unpaired) electrons. The van der Waals surface area contributed by atoms with Gasteiger partial charge in [0.2, 0.25) is 0 Å². The van der Waals surface area contributed by atoms with Crippen LogP contribution >= 0.6 is 0 Å². The molecule has 1 heterocycles. The Hall–Kier alpha value is -2.55. The van der Waals surface area contributed by atoms with Crippen LogP contribution in [0.5, 0.6) is 5.75 Å². The van der Waals surface area contributed by atoms with Crippen molar-refractivity contribution in [2.24, 2.45) is 0 Å². The molecule has 3 nitrogen and oxygen atoms in total. The van der Waals surface area contributed by atoms with E-state index in [0.717, 1.165) is 33.5 Å². The maximum absolute atomic E-state index is 5.99. The van der Waals surface area contributed by atoms with E-state index in [4.69, 9.17) is 10.5 Å². The Labute approximate surface area is 118 Å². The van der Waals surface area contributed by atoms with Crippen LogP contribution in [0.1, 0.15) is 11.3 Å². The molecule has 3 rings (SSSR count). The summed E-state index contributed by atoms with van der Waals surface area (Å²) in [4.78, 5) is 4.29. The Morgan fingerprint density at radius 3 is 2.65 bits per heavy atom. The molecule has 0 unspecified atom stereocenters. The monoisotopic (exact) mass is 264 g/mol. The van der Waals surface area contributed by atoms with Crippen molar-refractivity contribution in [3.63, 3.8) is 0 Å². The van der Waals surface area contributed by atoms with Crippen LogP contribution in [0.3, 0.4) is 0 Å². The molecule has 0 aliphatic rings. The normalized spacial score (nSPS) is 10.7. The maximum atomic E-state index is 5.99. The van der Waals surface area contributed by atoms with E-state index in [2.05, 4.69) is 4.98 Å². The van der Waals surface area contributed by atoms with E-state index >= 15 is 0 Å². The van der Waals surface area contributed by atoms with Gasteiger partial charge in [-0.15, -0.1) is 0 Å². The van der Waals surface area contributed by atoms with Crippen LogP contribution in [0.4, 0.5) is 5.69 Å². The lowest BCUT2D eigenvalue weighted by Gasteiger charge is -2.11. The highest BCUT2D eigenvalue weighted by atomic mass is 16.5. The fraction of sp³-hybridized carbons (Fsp3) is 0.118. The van der Waals surface area contributed by atoms with E-state index in [1.165, 1.54) is 0 Å². The second-order valence-electron chi connectivity index (χ2n) is 4.80. The van der Waals surface area contributed by atoms with Gasteiger partial charge in [0.05, 0.1) is 0 Å². The average Bonchev–Trinajstić information content (AvgIpc) is 2.47. The number of hydrogen-bond acceptors (Lipinski definition) is 3. The van der Waals surface area contributed by atoms with Crippen LogP contribution < -0.4 is 10.5 Å². The second-order valence-corrected chi connectivity index (χ2v) is 4.80. The van der Waals surface area contributed by atoms with Crippen LogP contribution in [-0.2, 0) is 6.61 Å². The number of nitrogens with zero attached hydrogens (tertiary/aromatic N) is 1. The Kier molecular flexibility index (Phi) is 3.25. The number of rotatable bonds is 3. The molecule has 0 bridgehead atoms. The zero-order chi connectivity index (χ0) is 13.9. The number of aromatic nitrogens is 1. The molecule has 0 spiro atoms. The van der Waals surface area contributed by atoms with Crippen molar-refractivity contribution in [3.05, 3.63) is 66.0 Å². The first-order chi connectivity index (χ1) is 9.74. The van der Waals surface area contributed by atoms with Gasteiger partial charge in [0.25, 0.3) is 0 Å². The van der Waals surface area contributed by atoms with Crippen molar-refractivity contribution in [3.8, 4) is 5.75 Å². The summed E-state index contributed by atoms with van der Waals surface area (Å²) in [5.41, 5.74) is 8.80. The van der Waals surface area contributed by atoms with Gasteiger partial charge in [0, 0.05) is 28.4 Å². The molecule has 2 aromatic carbocycles. The summed E-state index contributed by atoms with van der Waals surface area (Å²) in [6.07, 6.45) is 1.80. The van der Waals surface area contributed by atoms with E-state index in [1.807, 2.05) is 55.5 Å². The smallest absolute Gasteiger partial charge is 0.127 e. The van der Waals surface area contributed by atoms with Crippen molar-refractivity contribution in [1.82, 2.24) is 4.98 Å². The first kappa shape index (κ1) is 12.5. The zero-order valence-corrected chi connectivity index (χ0v) is 11.3. The van der Waals surface area contributed by atoms with Gasteiger partial charge in [-0.1, -0.05) is 30.3 Å². The van der Waals surface area contributed by atoms with Crippen LogP contribution in [0.15, 0.2) is 54.7 Å². The van der Waals surface area contributed by atoms with Crippen molar-refractivity contribution in [2.45, 2.75) is 13.5 Å². The number of nitrogen functional groups attached to an aromatic ring is 1. The van der Waals surface area contributed by atoms with E-state index in [0.29, 0.717) is 6.61 Å². The summed E-state index contributed by atoms with van der Waals surface area (Å²) in [6, 6.07) is 15.9. The topological polar surface area (TPSA) is 48.1 Å². The van der Waals surface area contributed by atoms with Gasteiger partial charge in [-0.05, 0) is 30.7 Å². The summed E-state index contributed by atoms with van der Waals surface area (Å²) < 4.78 is 5.93. The second kappa shape index (κ2) is 5.21. The molecule has 0 aliphatic carbocycles. The third kappa shape index (κ3) is 2.43. The molecule has 3 aromatic rings. The standard InChI is InChI=1S/C17H16N2O/c1-12-9-14-15(10-19-12)16(18)7-8-17(14)20-11-13-5-3-2-4-6-13/h2-10H,11,18H2,1H3. The number of anilines is 1. The fourth-order valence-corrected chi connectivity index (χ4v) is 2.20. The number of aryl methyl sites for hydroxylation is 1.